The monoisotopic (exact) mass is 304 g/mol. The summed E-state index contributed by atoms with van der Waals surface area (Å²) in [7, 11) is 0. The van der Waals surface area contributed by atoms with Gasteiger partial charge in [-0.25, -0.2) is 4.79 Å². The Morgan fingerprint density at radius 3 is 3.05 bits per heavy atom. The number of carbonyl (C=O) groups is 1. The fourth-order valence-corrected chi connectivity index (χ4v) is 3.44. The van der Waals surface area contributed by atoms with Crippen molar-refractivity contribution in [1.29, 1.82) is 0 Å². The second-order valence-electron chi connectivity index (χ2n) is 5.67. The first-order valence-electron chi connectivity index (χ1n) is 6.85. The van der Waals surface area contributed by atoms with Crippen LogP contribution in [0.1, 0.15) is 18.2 Å². The molecule has 21 heavy (non-hydrogen) atoms. The van der Waals surface area contributed by atoms with E-state index in [0.717, 1.165) is 12.0 Å². The number of benzene rings is 1. The highest BCUT2D eigenvalue weighted by Crippen LogP contribution is 2.56. The van der Waals surface area contributed by atoms with Crippen LogP contribution in [0.3, 0.4) is 0 Å². The summed E-state index contributed by atoms with van der Waals surface area (Å²) in [4.78, 5) is 12.8. The van der Waals surface area contributed by atoms with Gasteiger partial charge in [-0.05, 0) is 30.4 Å². The molecule has 2 heterocycles. The lowest BCUT2D eigenvalue weighted by atomic mass is 10.1. The van der Waals surface area contributed by atoms with E-state index in [0.29, 0.717) is 34.9 Å². The van der Waals surface area contributed by atoms with E-state index >= 15 is 0 Å². The van der Waals surface area contributed by atoms with Gasteiger partial charge in [-0.2, -0.15) is 0 Å². The number of hydrogen-bond acceptors (Lipinski definition) is 3. The molecule has 2 aliphatic rings. The highest BCUT2D eigenvalue weighted by Gasteiger charge is 2.55. The standard InChI is InChI=1S/C15H13ClN2O3/c16-10-3-1-2-8(4-10)13-6-12(17-21-13)14-11-5-9(11)7-18(14)15(19)20/h1-4,6,9,11,14H,5,7H2,(H,19,20)/t9-,11-,14-/m1/s1. The molecule has 0 spiro atoms. The quantitative estimate of drug-likeness (QED) is 0.919. The Kier molecular flexibility index (Phi) is 2.72. The Bertz CT molecular complexity index is 714. The van der Waals surface area contributed by atoms with Gasteiger partial charge in [0.15, 0.2) is 5.76 Å². The molecule has 1 aromatic heterocycles. The lowest BCUT2D eigenvalue weighted by Gasteiger charge is -2.22. The maximum atomic E-state index is 11.3. The Morgan fingerprint density at radius 2 is 2.29 bits per heavy atom. The fraction of sp³-hybridized carbons (Fsp3) is 0.333. The first-order chi connectivity index (χ1) is 10.1. The van der Waals surface area contributed by atoms with Gasteiger partial charge in [0.2, 0.25) is 0 Å². The summed E-state index contributed by atoms with van der Waals surface area (Å²) in [5, 5.41) is 14.0. The van der Waals surface area contributed by atoms with Crippen LogP contribution in [-0.2, 0) is 0 Å². The van der Waals surface area contributed by atoms with Gasteiger partial charge in [-0.15, -0.1) is 0 Å². The fourth-order valence-electron chi connectivity index (χ4n) is 3.25. The van der Waals surface area contributed by atoms with Gasteiger partial charge in [0.05, 0.1) is 6.04 Å². The van der Waals surface area contributed by atoms with Crippen molar-refractivity contribution in [2.24, 2.45) is 11.8 Å². The molecule has 1 aliphatic heterocycles. The maximum Gasteiger partial charge on any atom is 0.407 e. The van der Waals surface area contributed by atoms with Crippen LogP contribution < -0.4 is 0 Å². The third-order valence-electron chi connectivity index (χ3n) is 4.34. The molecule has 3 atom stereocenters. The average Bonchev–Trinajstić information content (AvgIpc) is 2.90. The molecule has 0 bridgehead atoms. The van der Waals surface area contributed by atoms with Gasteiger partial charge in [0.1, 0.15) is 5.69 Å². The third kappa shape index (κ3) is 2.08. The summed E-state index contributed by atoms with van der Waals surface area (Å²) >= 11 is 5.98. The van der Waals surface area contributed by atoms with E-state index < -0.39 is 6.09 Å². The smallest absolute Gasteiger partial charge is 0.407 e. The van der Waals surface area contributed by atoms with Gasteiger partial charge in [-0.1, -0.05) is 28.9 Å². The Labute approximate surface area is 126 Å². The van der Waals surface area contributed by atoms with E-state index in [1.807, 2.05) is 18.2 Å². The molecule has 2 fully saturated rings. The number of nitrogens with zero attached hydrogens (tertiary/aromatic N) is 2. The number of halogens is 1. The minimum absolute atomic E-state index is 0.177. The summed E-state index contributed by atoms with van der Waals surface area (Å²) in [6.07, 6.45) is 0.188. The molecule has 6 heteroatoms. The van der Waals surface area contributed by atoms with Gasteiger partial charge in [0, 0.05) is 23.2 Å². The molecule has 4 rings (SSSR count). The largest absolute Gasteiger partial charge is 0.465 e. The van der Waals surface area contributed by atoms with E-state index in [4.69, 9.17) is 16.1 Å². The van der Waals surface area contributed by atoms with Crippen LogP contribution in [0.25, 0.3) is 11.3 Å². The molecule has 108 valence electrons. The zero-order chi connectivity index (χ0) is 14.6. The van der Waals surface area contributed by atoms with Gasteiger partial charge >= 0.3 is 6.09 Å². The predicted octanol–water partition coefficient (Wildman–Crippen LogP) is 3.67. The third-order valence-corrected chi connectivity index (χ3v) is 4.57. The predicted molar refractivity (Wildman–Crippen MR) is 76.0 cm³/mol. The molecular weight excluding hydrogens is 292 g/mol. The molecule has 1 aromatic carbocycles. The van der Waals surface area contributed by atoms with Crippen LogP contribution >= 0.6 is 11.6 Å². The van der Waals surface area contributed by atoms with E-state index in [2.05, 4.69) is 5.16 Å². The average molecular weight is 305 g/mol. The van der Waals surface area contributed by atoms with Gasteiger partial charge < -0.3 is 9.63 Å². The maximum absolute atomic E-state index is 11.3. The van der Waals surface area contributed by atoms with Crippen molar-refractivity contribution in [3.63, 3.8) is 0 Å². The molecule has 0 radical (unpaired) electrons. The Balaban J connectivity index is 1.66. The number of fused-ring (bicyclic) bond motifs is 1. The molecule has 1 aliphatic carbocycles. The van der Waals surface area contributed by atoms with Gasteiger partial charge in [-0.3, -0.25) is 4.90 Å². The number of amides is 1. The van der Waals surface area contributed by atoms with Crippen LogP contribution in [0, 0.1) is 11.8 Å². The summed E-state index contributed by atoms with van der Waals surface area (Å²) in [5.41, 5.74) is 1.53. The number of piperidine rings is 1. The second-order valence-corrected chi connectivity index (χ2v) is 6.10. The normalized spacial score (nSPS) is 26.7. The topological polar surface area (TPSA) is 66.6 Å². The van der Waals surface area contributed by atoms with Crippen LogP contribution in [0.2, 0.25) is 5.02 Å². The molecule has 5 nitrogen and oxygen atoms in total. The molecule has 2 aromatic rings. The van der Waals surface area contributed by atoms with Crippen molar-refractivity contribution in [1.82, 2.24) is 10.1 Å². The molecule has 1 amide bonds. The minimum Gasteiger partial charge on any atom is -0.465 e. The van der Waals surface area contributed by atoms with Gasteiger partial charge in [0.25, 0.3) is 0 Å². The molecule has 0 unspecified atom stereocenters. The first-order valence-corrected chi connectivity index (χ1v) is 7.23. The highest BCUT2D eigenvalue weighted by atomic mass is 35.5. The summed E-state index contributed by atoms with van der Waals surface area (Å²) in [6, 6.07) is 8.97. The van der Waals surface area contributed by atoms with Crippen LogP contribution in [0.4, 0.5) is 4.79 Å². The molecule has 1 N–H and O–H groups in total. The van der Waals surface area contributed by atoms with Crippen molar-refractivity contribution >= 4 is 17.7 Å². The van der Waals surface area contributed by atoms with E-state index in [1.54, 1.807) is 12.1 Å². The van der Waals surface area contributed by atoms with Crippen LogP contribution in [-0.4, -0.2) is 27.8 Å². The Hall–Kier alpha value is -2.01. The lowest BCUT2D eigenvalue weighted by Crippen LogP contribution is -2.31. The van der Waals surface area contributed by atoms with Crippen LogP contribution in [0.15, 0.2) is 34.9 Å². The molecule has 1 saturated carbocycles. The number of likely N-dealkylation sites (tertiary alicyclic amines) is 1. The summed E-state index contributed by atoms with van der Waals surface area (Å²) < 4.78 is 5.38. The second kappa shape index (κ2) is 4.49. The van der Waals surface area contributed by atoms with Crippen molar-refractivity contribution in [2.45, 2.75) is 12.5 Å². The SMILES string of the molecule is O=C(O)N1C[C@H]2C[C@H]2[C@@H]1c1cc(-c2cccc(Cl)c2)on1. The highest BCUT2D eigenvalue weighted by molar-refractivity contribution is 6.30. The Morgan fingerprint density at radius 1 is 1.43 bits per heavy atom. The summed E-state index contributed by atoms with van der Waals surface area (Å²) in [5.74, 6) is 1.48. The van der Waals surface area contributed by atoms with Crippen LogP contribution in [0.5, 0.6) is 0 Å². The van der Waals surface area contributed by atoms with Crippen molar-refractivity contribution in [2.75, 3.05) is 6.54 Å². The zero-order valence-corrected chi connectivity index (χ0v) is 11.8. The molecule has 1 saturated heterocycles. The van der Waals surface area contributed by atoms with E-state index in [-0.39, 0.29) is 6.04 Å². The van der Waals surface area contributed by atoms with E-state index in [9.17, 15) is 9.90 Å². The van der Waals surface area contributed by atoms with Crippen molar-refractivity contribution in [3.8, 4) is 11.3 Å². The zero-order valence-electron chi connectivity index (χ0n) is 11.1. The number of hydrogen-bond donors (Lipinski definition) is 1. The minimum atomic E-state index is -0.889. The summed E-state index contributed by atoms with van der Waals surface area (Å²) in [6.45, 7) is 0.601. The number of rotatable bonds is 2. The lowest BCUT2D eigenvalue weighted by molar-refractivity contribution is 0.130. The first kappa shape index (κ1) is 12.7. The number of carboxylic acid groups (broad SMARTS) is 1. The van der Waals surface area contributed by atoms with Crippen molar-refractivity contribution in [3.05, 3.63) is 41.0 Å². The molecular formula is C15H13ClN2O3. The van der Waals surface area contributed by atoms with Crippen molar-refractivity contribution < 1.29 is 14.4 Å². The number of aromatic nitrogens is 1. The van der Waals surface area contributed by atoms with E-state index in [1.165, 1.54) is 4.90 Å².